The maximum Gasteiger partial charge on any atom is 0.332 e. The van der Waals surface area contributed by atoms with Crippen LogP contribution in [0.2, 0.25) is 0 Å². The van der Waals surface area contributed by atoms with Crippen LogP contribution in [0.1, 0.15) is 33.6 Å². The van der Waals surface area contributed by atoms with E-state index in [9.17, 15) is 14.7 Å². The molecule has 0 radical (unpaired) electrons. The van der Waals surface area contributed by atoms with Crippen LogP contribution in [0.15, 0.2) is 0 Å². The summed E-state index contributed by atoms with van der Waals surface area (Å²) in [4.78, 5) is 25.4. The summed E-state index contributed by atoms with van der Waals surface area (Å²) in [5.74, 6) is -0.566. The summed E-state index contributed by atoms with van der Waals surface area (Å²) in [6, 6.07) is -0.287. The number of hydrogen-bond donors (Lipinski definition) is 2. The van der Waals surface area contributed by atoms with Crippen molar-refractivity contribution in [2.45, 2.75) is 39.2 Å². The minimum atomic E-state index is -1.25. The molecule has 2 unspecified atom stereocenters. The van der Waals surface area contributed by atoms with Gasteiger partial charge in [-0.3, -0.25) is 0 Å². The topological polar surface area (TPSA) is 78.9 Å². The summed E-state index contributed by atoms with van der Waals surface area (Å²) in [5.41, 5.74) is -1.09. The van der Waals surface area contributed by atoms with E-state index in [-0.39, 0.29) is 18.1 Å². The summed E-state index contributed by atoms with van der Waals surface area (Å²) >= 11 is 0. The Bertz CT molecular complexity index is 396. The fourth-order valence-corrected chi connectivity index (χ4v) is 2.82. The van der Waals surface area contributed by atoms with Crippen molar-refractivity contribution in [1.29, 1.82) is 0 Å². The predicted molar refractivity (Wildman–Crippen MR) is 73.5 cm³/mol. The molecule has 0 bridgehead atoms. The van der Waals surface area contributed by atoms with Gasteiger partial charge in [-0.05, 0) is 17.8 Å². The molecule has 6 heteroatoms. The van der Waals surface area contributed by atoms with E-state index in [1.165, 1.54) is 0 Å². The lowest BCUT2D eigenvalue weighted by Gasteiger charge is -2.29. The predicted octanol–water partition coefficient (Wildman–Crippen LogP) is 1.31. The minimum Gasteiger partial charge on any atom is -0.479 e. The van der Waals surface area contributed by atoms with Crippen molar-refractivity contribution in [2.75, 3.05) is 26.3 Å². The first-order valence-corrected chi connectivity index (χ1v) is 7.13. The minimum absolute atomic E-state index is 0.0462. The SMILES string of the molecule is CC(C)(C)C1CCN(C(=O)NC2(C(=O)O)CCOC2)C1. The number of ether oxygens (including phenoxy) is 1. The van der Waals surface area contributed by atoms with Crippen molar-refractivity contribution in [3.8, 4) is 0 Å². The number of carboxylic acids is 1. The molecule has 20 heavy (non-hydrogen) atoms. The first-order chi connectivity index (χ1) is 9.24. The number of nitrogens with zero attached hydrogens (tertiary/aromatic N) is 1. The second-order valence-electron chi connectivity index (χ2n) is 6.92. The largest absolute Gasteiger partial charge is 0.479 e. The van der Waals surface area contributed by atoms with E-state index >= 15 is 0 Å². The van der Waals surface area contributed by atoms with Gasteiger partial charge in [-0.2, -0.15) is 0 Å². The third-order valence-corrected chi connectivity index (χ3v) is 4.48. The molecule has 2 N–H and O–H groups in total. The molecule has 2 atom stereocenters. The maximum atomic E-state index is 12.3. The van der Waals surface area contributed by atoms with Crippen molar-refractivity contribution >= 4 is 12.0 Å². The second kappa shape index (κ2) is 5.24. The zero-order valence-electron chi connectivity index (χ0n) is 12.4. The van der Waals surface area contributed by atoms with Gasteiger partial charge in [-0.25, -0.2) is 9.59 Å². The van der Waals surface area contributed by atoms with Gasteiger partial charge >= 0.3 is 12.0 Å². The number of carboxylic acid groups (broad SMARTS) is 1. The van der Waals surface area contributed by atoms with Crippen LogP contribution in [0.5, 0.6) is 0 Å². The molecule has 2 saturated heterocycles. The molecule has 0 aromatic carbocycles. The molecule has 114 valence electrons. The fraction of sp³-hybridized carbons (Fsp3) is 0.857. The highest BCUT2D eigenvalue weighted by atomic mass is 16.5. The first kappa shape index (κ1) is 15.1. The third-order valence-electron chi connectivity index (χ3n) is 4.48. The number of urea groups is 1. The Morgan fingerprint density at radius 1 is 1.40 bits per heavy atom. The Hall–Kier alpha value is -1.30. The van der Waals surface area contributed by atoms with Crippen LogP contribution in [-0.4, -0.2) is 53.8 Å². The number of hydrogen-bond acceptors (Lipinski definition) is 3. The lowest BCUT2D eigenvalue weighted by molar-refractivity contribution is -0.144. The Balaban J connectivity index is 1.97. The molecule has 0 aliphatic carbocycles. The molecule has 2 amide bonds. The summed E-state index contributed by atoms with van der Waals surface area (Å²) in [7, 11) is 0. The molecule has 6 nitrogen and oxygen atoms in total. The number of nitrogens with one attached hydrogen (secondary N) is 1. The highest BCUT2D eigenvalue weighted by Gasteiger charge is 2.45. The Labute approximate surface area is 119 Å². The van der Waals surface area contributed by atoms with Crippen LogP contribution in [-0.2, 0) is 9.53 Å². The smallest absolute Gasteiger partial charge is 0.332 e. The van der Waals surface area contributed by atoms with Gasteiger partial charge in [-0.15, -0.1) is 0 Å². The molecule has 2 rings (SSSR count). The van der Waals surface area contributed by atoms with E-state index < -0.39 is 11.5 Å². The van der Waals surface area contributed by atoms with E-state index in [4.69, 9.17) is 4.74 Å². The molecular weight excluding hydrogens is 260 g/mol. The van der Waals surface area contributed by atoms with Crippen LogP contribution in [0.25, 0.3) is 0 Å². The Kier molecular flexibility index (Phi) is 3.95. The van der Waals surface area contributed by atoms with Crippen LogP contribution in [0.4, 0.5) is 4.79 Å². The van der Waals surface area contributed by atoms with Crippen molar-refractivity contribution < 1.29 is 19.4 Å². The highest BCUT2D eigenvalue weighted by molar-refractivity contribution is 5.86. The maximum absolute atomic E-state index is 12.3. The number of amides is 2. The number of aliphatic carboxylic acids is 1. The Morgan fingerprint density at radius 2 is 2.10 bits per heavy atom. The lowest BCUT2D eigenvalue weighted by atomic mass is 9.80. The van der Waals surface area contributed by atoms with Crippen molar-refractivity contribution in [1.82, 2.24) is 10.2 Å². The molecule has 2 fully saturated rings. The average molecular weight is 284 g/mol. The summed E-state index contributed by atoms with van der Waals surface area (Å²) in [6.07, 6.45) is 1.29. The number of rotatable bonds is 2. The zero-order valence-corrected chi connectivity index (χ0v) is 12.4. The van der Waals surface area contributed by atoms with E-state index in [0.29, 0.717) is 32.0 Å². The fourth-order valence-electron chi connectivity index (χ4n) is 2.82. The summed E-state index contributed by atoms with van der Waals surface area (Å²) < 4.78 is 5.15. The van der Waals surface area contributed by atoms with E-state index in [1.54, 1.807) is 4.90 Å². The zero-order chi connectivity index (χ0) is 15.0. The second-order valence-corrected chi connectivity index (χ2v) is 6.92. The quantitative estimate of drug-likeness (QED) is 0.801. The van der Waals surface area contributed by atoms with Gasteiger partial charge in [0, 0.05) is 26.1 Å². The molecule has 2 heterocycles. The van der Waals surface area contributed by atoms with Crippen molar-refractivity contribution in [3.63, 3.8) is 0 Å². The van der Waals surface area contributed by atoms with Crippen LogP contribution < -0.4 is 5.32 Å². The van der Waals surface area contributed by atoms with Crippen LogP contribution in [0.3, 0.4) is 0 Å². The molecule has 0 spiro atoms. The monoisotopic (exact) mass is 284 g/mol. The van der Waals surface area contributed by atoms with Crippen molar-refractivity contribution in [2.24, 2.45) is 11.3 Å². The van der Waals surface area contributed by atoms with Gasteiger partial charge in [0.2, 0.25) is 0 Å². The molecule has 2 aliphatic rings. The summed E-state index contributed by atoms with van der Waals surface area (Å²) in [5, 5.41) is 12.0. The molecule has 0 aromatic rings. The Morgan fingerprint density at radius 3 is 2.55 bits per heavy atom. The van der Waals surface area contributed by atoms with E-state index in [0.717, 1.165) is 6.42 Å². The van der Waals surface area contributed by atoms with E-state index in [2.05, 4.69) is 26.1 Å². The first-order valence-electron chi connectivity index (χ1n) is 7.13. The van der Waals surface area contributed by atoms with Gasteiger partial charge in [0.1, 0.15) is 0 Å². The summed E-state index contributed by atoms with van der Waals surface area (Å²) in [6.45, 7) is 8.30. The van der Waals surface area contributed by atoms with Crippen molar-refractivity contribution in [3.05, 3.63) is 0 Å². The number of carbonyl (C=O) groups is 2. The standard InChI is InChI=1S/C14H24N2O4/c1-13(2,3)10-4-6-16(8-10)12(19)15-14(11(17)18)5-7-20-9-14/h10H,4-9H2,1-3H3,(H,15,19)(H,17,18). The van der Waals surface area contributed by atoms with Gasteiger partial charge in [0.15, 0.2) is 5.54 Å². The molecular formula is C14H24N2O4. The van der Waals surface area contributed by atoms with Gasteiger partial charge in [-0.1, -0.05) is 20.8 Å². The molecule has 0 saturated carbocycles. The van der Waals surface area contributed by atoms with E-state index in [1.807, 2.05) is 0 Å². The van der Waals surface area contributed by atoms with Gasteiger partial charge in [0.25, 0.3) is 0 Å². The van der Waals surface area contributed by atoms with Crippen LogP contribution in [0, 0.1) is 11.3 Å². The third kappa shape index (κ3) is 2.90. The highest BCUT2D eigenvalue weighted by Crippen LogP contribution is 2.33. The average Bonchev–Trinajstić information content (AvgIpc) is 2.96. The normalized spacial score (nSPS) is 30.6. The lowest BCUT2D eigenvalue weighted by Crippen LogP contribution is -2.58. The van der Waals surface area contributed by atoms with Gasteiger partial charge < -0.3 is 20.1 Å². The molecule has 0 aromatic heterocycles. The molecule has 2 aliphatic heterocycles. The number of carbonyl (C=O) groups excluding carboxylic acids is 1. The number of likely N-dealkylation sites (tertiary alicyclic amines) is 1. The van der Waals surface area contributed by atoms with Gasteiger partial charge in [0.05, 0.1) is 6.61 Å². The van der Waals surface area contributed by atoms with Crippen LogP contribution >= 0.6 is 0 Å².